The van der Waals surface area contributed by atoms with Crippen LogP contribution in [0.25, 0.3) is 11.0 Å². The zero-order valence-electron chi connectivity index (χ0n) is 27.1. The first-order valence-corrected chi connectivity index (χ1v) is 16.6. The molecule has 8 rings (SSSR count). The SMILES string of the molecule is C#C.CNc1ccc(C(=O)N2CCC(CCN3C4CCCC5CC543)(c3ccccc3)CC2)cc1C.Cc1nc2ccccc2[nH]1. The topological polar surface area (TPSA) is 64.0 Å². The highest BCUT2D eigenvalue weighted by atomic mass is 16.2. The van der Waals surface area contributed by atoms with E-state index >= 15 is 0 Å². The summed E-state index contributed by atoms with van der Waals surface area (Å²) in [6.07, 6.45) is 17.1. The third kappa shape index (κ3) is 5.87. The van der Waals surface area contributed by atoms with Gasteiger partial charge in [0.25, 0.3) is 5.91 Å². The van der Waals surface area contributed by atoms with Crippen LogP contribution in [0.4, 0.5) is 5.69 Å². The molecular weight excluding hydrogens is 554 g/mol. The number of amides is 1. The summed E-state index contributed by atoms with van der Waals surface area (Å²) < 4.78 is 0. The molecule has 4 fully saturated rings. The lowest BCUT2D eigenvalue weighted by Crippen LogP contribution is -2.46. The summed E-state index contributed by atoms with van der Waals surface area (Å²) >= 11 is 0. The molecular formula is C39H47N5O. The Balaban J connectivity index is 0.000000250. The van der Waals surface area contributed by atoms with Crippen LogP contribution >= 0.6 is 0 Å². The van der Waals surface area contributed by atoms with E-state index in [4.69, 9.17) is 0 Å². The van der Waals surface area contributed by atoms with Crippen LogP contribution in [0.15, 0.2) is 72.8 Å². The van der Waals surface area contributed by atoms with Crippen LogP contribution in [-0.2, 0) is 5.41 Å². The molecule has 3 aromatic carbocycles. The van der Waals surface area contributed by atoms with Crippen molar-refractivity contribution in [3.05, 3.63) is 95.3 Å². The maximum absolute atomic E-state index is 13.3. The highest BCUT2D eigenvalue weighted by Crippen LogP contribution is 2.70. The lowest BCUT2D eigenvalue weighted by atomic mass is 9.70. The van der Waals surface area contributed by atoms with Gasteiger partial charge in [-0.15, -0.1) is 12.8 Å². The number of anilines is 1. The molecule has 4 unspecified atom stereocenters. The second-order valence-electron chi connectivity index (χ2n) is 13.3. The van der Waals surface area contributed by atoms with Crippen molar-refractivity contribution >= 4 is 22.6 Å². The minimum Gasteiger partial charge on any atom is -0.388 e. The Morgan fingerprint density at radius 3 is 2.42 bits per heavy atom. The summed E-state index contributed by atoms with van der Waals surface area (Å²) in [5.41, 5.74) is 7.46. The molecule has 2 aliphatic heterocycles. The van der Waals surface area contributed by atoms with E-state index in [0.717, 1.165) is 71.6 Å². The number of para-hydroxylation sites is 2. The van der Waals surface area contributed by atoms with E-state index in [9.17, 15) is 4.79 Å². The van der Waals surface area contributed by atoms with E-state index in [1.165, 1.54) is 44.2 Å². The maximum Gasteiger partial charge on any atom is 0.253 e. The molecule has 1 spiro atoms. The van der Waals surface area contributed by atoms with Gasteiger partial charge in [0.05, 0.1) is 11.0 Å². The first-order chi connectivity index (χ1) is 21.9. The van der Waals surface area contributed by atoms with Crippen LogP contribution in [0, 0.1) is 32.6 Å². The molecule has 234 valence electrons. The summed E-state index contributed by atoms with van der Waals surface area (Å²) in [4.78, 5) is 25.6. The Morgan fingerprint density at radius 1 is 1.00 bits per heavy atom. The monoisotopic (exact) mass is 601 g/mol. The molecule has 1 amide bonds. The summed E-state index contributed by atoms with van der Waals surface area (Å²) in [5, 5.41) is 3.19. The van der Waals surface area contributed by atoms with E-state index in [0.29, 0.717) is 5.54 Å². The van der Waals surface area contributed by atoms with Gasteiger partial charge >= 0.3 is 0 Å². The zero-order chi connectivity index (χ0) is 31.6. The van der Waals surface area contributed by atoms with Crippen LogP contribution in [-0.4, -0.2) is 63.9 Å². The van der Waals surface area contributed by atoms with E-state index in [2.05, 4.69) is 75.2 Å². The van der Waals surface area contributed by atoms with Crippen molar-refractivity contribution in [2.75, 3.05) is 32.0 Å². The lowest BCUT2D eigenvalue weighted by molar-refractivity contribution is 0.0655. The number of fused-ring (bicyclic) bond motifs is 1. The highest BCUT2D eigenvalue weighted by Gasteiger charge is 2.76. The van der Waals surface area contributed by atoms with Gasteiger partial charge in [0.2, 0.25) is 0 Å². The van der Waals surface area contributed by atoms with Gasteiger partial charge < -0.3 is 15.2 Å². The van der Waals surface area contributed by atoms with E-state index in [1.54, 1.807) is 0 Å². The number of rotatable bonds is 6. The average Bonchev–Trinajstić information content (AvgIpc) is 3.93. The molecule has 45 heavy (non-hydrogen) atoms. The number of carbonyl (C=O) groups excluding carboxylic acids is 1. The van der Waals surface area contributed by atoms with Gasteiger partial charge in [-0.05, 0) is 112 Å². The first kappa shape index (κ1) is 30.9. The number of hydrogen-bond acceptors (Lipinski definition) is 4. The minimum atomic E-state index is 0.180. The summed E-state index contributed by atoms with van der Waals surface area (Å²) in [6, 6.07) is 26.1. The number of terminal acetylenes is 1. The number of nitrogens with one attached hydrogen (secondary N) is 2. The number of aromatic nitrogens is 2. The molecule has 3 heterocycles. The van der Waals surface area contributed by atoms with Crippen LogP contribution in [0.2, 0.25) is 0 Å². The van der Waals surface area contributed by atoms with Gasteiger partial charge in [-0.2, -0.15) is 0 Å². The Morgan fingerprint density at radius 2 is 1.73 bits per heavy atom. The van der Waals surface area contributed by atoms with Crippen LogP contribution in [0.3, 0.4) is 0 Å². The van der Waals surface area contributed by atoms with Crippen molar-refractivity contribution in [1.29, 1.82) is 0 Å². The predicted octanol–water partition coefficient (Wildman–Crippen LogP) is 7.35. The number of hydrogen-bond donors (Lipinski definition) is 2. The fourth-order valence-corrected chi connectivity index (χ4v) is 8.54. The second kappa shape index (κ2) is 12.7. The molecule has 2 saturated heterocycles. The Hall–Kier alpha value is -4.08. The number of aromatic amines is 1. The summed E-state index contributed by atoms with van der Waals surface area (Å²) in [7, 11) is 1.92. The number of imidazole rings is 1. The molecule has 2 N–H and O–H groups in total. The molecule has 4 aromatic rings. The lowest BCUT2D eigenvalue weighted by Gasteiger charge is -2.43. The normalized spacial score (nSPS) is 25.4. The maximum atomic E-state index is 13.3. The highest BCUT2D eigenvalue weighted by molar-refractivity contribution is 5.95. The molecule has 0 bridgehead atoms. The van der Waals surface area contributed by atoms with E-state index in [1.807, 2.05) is 56.4 Å². The molecule has 0 radical (unpaired) electrons. The third-order valence-electron chi connectivity index (χ3n) is 11.0. The number of aryl methyl sites for hydroxylation is 2. The summed E-state index contributed by atoms with van der Waals surface area (Å²) in [6.45, 7) is 6.94. The van der Waals surface area contributed by atoms with E-state index < -0.39 is 0 Å². The first-order valence-electron chi connectivity index (χ1n) is 16.6. The zero-order valence-corrected chi connectivity index (χ0v) is 27.1. The Kier molecular flexibility index (Phi) is 8.75. The van der Waals surface area contributed by atoms with Gasteiger partial charge in [-0.25, -0.2) is 4.98 Å². The molecule has 6 nitrogen and oxygen atoms in total. The fourth-order valence-electron chi connectivity index (χ4n) is 8.54. The van der Waals surface area contributed by atoms with Gasteiger partial charge in [0, 0.05) is 43.0 Å². The van der Waals surface area contributed by atoms with Crippen LogP contribution in [0.5, 0.6) is 0 Å². The predicted molar refractivity (Wildman–Crippen MR) is 185 cm³/mol. The molecule has 2 aliphatic carbocycles. The molecule has 6 heteroatoms. The van der Waals surface area contributed by atoms with Gasteiger partial charge in [-0.3, -0.25) is 9.69 Å². The standard InChI is InChI=1S/C29H37N3O.C8H8N2.C2H2/c1-21-19-22(11-12-25(21)30-2)27(33)31-16-13-28(14-17-31,23-7-4-3-5-8-23)15-18-32-26-10-6-9-24-20-29(24,26)32;1-6-9-7-4-2-3-5-8(7)10-6;1-2/h3-5,7-8,11-12,19,24,26,30H,6,9-10,13-18,20H2,1-2H3;2-5H,1H3,(H,9,10);1-2H. The van der Waals surface area contributed by atoms with Crippen molar-refractivity contribution in [2.45, 2.75) is 75.8 Å². The molecule has 1 aromatic heterocycles. The number of carbonyl (C=O) groups is 1. The largest absolute Gasteiger partial charge is 0.388 e. The third-order valence-corrected chi connectivity index (χ3v) is 11.0. The van der Waals surface area contributed by atoms with Crippen molar-refractivity contribution in [1.82, 2.24) is 19.8 Å². The number of H-pyrrole nitrogens is 1. The van der Waals surface area contributed by atoms with Gasteiger partial charge in [0.15, 0.2) is 0 Å². The Bertz CT molecular complexity index is 1620. The number of piperidine rings is 1. The fraction of sp³-hybridized carbons (Fsp3) is 0.436. The van der Waals surface area contributed by atoms with E-state index in [-0.39, 0.29) is 11.3 Å². The molecule has 4 atom stereocenters. The van der Waals surface area contributed by atoms with Crippen molar-refractivity contribution < 1.29 is 4.79 Å². The van der Waals surface area contributed by atoms with Crippen molar-refractivity contribution in [2.24, 2.45) is 5.92 Å². The molecule has 2 saturated carbocycles. The number of likely N-dealkylation sites (tertiary alicyclic amines) is 2. The average molecular weight is 602 g/mol. The second-order valence-corrected chi connectivity index (χ2v) is 13.3. The smallest absolute Gasteiger partial charge is 0.253 e. The van der Waals surface area contributed by atoms with Crippen molar-refractivity contribution in [3.63, 3.8) is 0 Å². The minimum absolute atomic E-state index is 0.180. The van der Waals surface area contributed by atoms with Crippen LogP contribution < -0.4 is 5.32 Å². The van der Waals surface area contributed by atoms with Gasteiger partial charge in [0.1, 0.15) is 5.82 Å². The number of benzene rings is 3. The van der Waals surface area contributed by atoms with Crippen LogP contribution in [0.1, 0.15) is 72.3 Å². The molecule has 4 aliphatic rings. The summed E-state index contributed by atoms with van der Waals surface area (Å²) in [5.74, 6) is 2.15. The quantitative estimate of drug-likeness (QED) is 0.179. The Labute approximate surface area is 268 Å². The number of nitrogens with zero attached hydrogens (tertiary/aromatic N) is 3. The van der Waals surface area contributed by atoms with Gasteiger partial charge in [-0.1, -0.05) is 48.9 Å². The van der Waals surface area contributed by atoms with Crippen molar-refractivity contribution in [3.8, 4) is 12.8 Å².